The second kappa shape index (κ2) is 6.08. The molecule has 0 spiro atoms. The Morgan fingerprint density at radius 1 is 0.577 bits per heavy atom. The van der Waals surface area contributed by atoms with Crippen LogP contribution in [0.5, 0.6) is 0 Å². The van der Waals surface area contributed by atoms with Crippen LogP contribution >= 0.6 is 0 Å². The Morgan fingerprint density at radius 2 is 1.27 bits per heavy atom. The lowest BCUT2D eigenvalue weighted by atomic mass is 9.99. The first-order valence-electron chi connectivity index (χ1n) is 8.70. The summed E-state index contributed by atoms with van der Waals surface area (Å²) in [5.41, 5.74) is 3.26. The third kappa shape index (κ3) is 2.35. The molecule has 5 aromatic rings. The van der Waals surface area contributed by atoms with Gasteiger partial charge in [0.15, 0.2) is 0 Å². The molecule has 0 saturated carbocycles. The van der Waals surface area contributed by atoms with E-state index in [9.17, 15) is 0 Å². The zero-order chi connectivity index (χ0) is 17.3. The summed E-state index contributed by atoms with van der Waals surface area (Å²) in [5, 5.41) is 4.97. The molecule has 0 aliphatic carbocycles. The Bertz CT molecular complexity index is 1180. The average molecular weight is 335 g/mol. The minimum atomic E-state index is 1.01. The minimum Gasteiger partial charge on any atom is -0.470 e. The molecule has 5 rings (SSSR count). The number of rotatable bonds is 3. The number of hydrogen-bond donors (Lipinski definition) is 0. The summed E-state index contributed by atoms with van der Waals surface area (Å²) < 4.78 is 5.40. The normalized spacial score (nSPS) is 11.1. The van der Waals surface area contributed by atoms with Crippen molar-refractivity contribution in [2.45, 2.75) is 0 Å². The highest BCUT2D eigenvalue weighted by Gasteiger charge is 2.17. The molecule has 124 valence electrons. The summed E-state index contributed by atoms with van der Waals surface area (Å²) in [5.74, 6) is 0. The van der Waals surface area contributed by atoms with Gasteiger partial charge in [-0.1, -0.05) is 66.7 Å². The van der Waals surface area contributed by atoms with Gasteiger partial charge in [0.25, 0.3) is 0 Å². The summed E-state index contributed by atoms with van der Waals surface area (Å²) >= 11 is 0. The molecule has 2 nitrogen and oxygen atoms in total. The predicted molar refractivity (Wildman–Crippen MR) is 108 cm³/mol. The fraction of sp³-hybridized carbons (Fsp3) is 0. The molecule has 26 heavy (non-hydrogen) atoms. The molecule has 0 saturated heterocycles. The molecule has 0 fully saturated rings. The highest BCUT2D eigenvalue weighted by Crippen LogP contribution is 2.41. The third-order valence-electron chi connectivity index (χ3n) is 4.77. The minimum absolute atomic E-state index is 1.01. The Balaban J connectivity index is 1.88. The van der Waals surface area contributed by atoms with Crippen molar-refractivity contribution in [3.05, 3.63) is 104 Å². The quantitative estimate of drug-likeness (QED) is 0.328. The molecule has 0 radical (unpaired) electrons. The smallest absolute Gasteiger partial charge is 0.114 e. The lowest BCUT2D eigenvalue weighted by Gasteiger charge is -2.25. The first-order chi connectivity index (χ1) is 12.9. The number of furan rings is 1. The Morgan fingerprint density at radius 3 is 2.04 bits per heavy atom. The number of anilines is 3. The lowest BCUT2D eigenvalue weighted by molar-refractivity contribution is 0.567. The molecule has 0 unspecified atom stereocenters. The van der Waals surface area contributed by atoms with Gasteiger partial charge in [-0.3, -0.25) is 0 Å². The van der Waals surface area contributed by atoms with Crippen molar-refractivity contribution in [2.75, 3.05) is 4.90 Å². The van der Waals surface area contributed by atoms with Crippen LogP contribution in [0, 0.1) is 0 Å². The van der Waals surface area contributed by atoms with Gasteiger partial charge in [-0.05, 0) is 34.4 Å². The molecule has 0 atom stereocenters. The van der Waals surface area contributed by atoms with E-state index in [4.69, 9.17) is 4.42 Å². The molecule has 0 aliphatic heterocycles. The number of para-hydroxylation sites is 1. The molecule has 1 heterocycles. The van der Waals surface area contributed by atoms with E-state index >= 15 is 0 Å². The van der Waals surface area contributed by atoms with E-state index in [1.165, 1.54) is 21.5 Å². The van der Waals surface area contributed by atoms with E-state index in [1.54, 1.807) is 12.5 Å². The van der Waals surface area contributed by atoms with Crippen molar-refractivity contribution < 1.29 is 4.42 Å². The van der Waals surface area contributed by atoms with E-state index in [-0.39, 0.29) is 0 Å². The molecule has 0 amide bonds. The second-order valence-corrected chi connectivity index (χ2v) is 6.31. The van der Waals surface area contributed by atoms with Gasteiger partial charge in [0.1, 0.15) is 6.26 Å². The molecular weight excluding hydrogens is 318 g/mol. The predicted octanol–water partition coefficient (Wildman–Crippen LogP) is 7.06. The van der Waals surface area contributed by atoms with Crippen LogP contribution in [0.3, 0.4) is 0 Å². The second-order valence-electron chi connectivity index (χ2n) is 6.31. The van der Waals surface area contributed by atoms with E-state index in [1.807, 2.05) is 12.1 Å². The van der Waals surface area contributed by atoms with Crippen LogP contribution in [0.2, 0.25) is 0 Å². The number of nitrogens with zero attached hydrogens (tertiary/aromatic N) is 1. The summed E-state index contributed by atoms with van der Waals surface area (Å²) in [7, 11) is 0. The maximum Gasteiger partial charge on any atom is 0.114 e. The van der Waals surface area contributed by atoms with E-state index in [0.717, 1.165) is 17.1 Å². The average Bonchev–Trinajstić information content (AvgIpc) is 3.23. The largest absolute Gasteiger partial charge is 0.470 e. The van der Waals surface area contributed by atoms with Crippen molar-refractivity contribution >= 4 is 38.6 Å². The summed E-state index contributed by atoms with van der Waals surface area (Å²) in [6, 6.07) is 31.8. The molecule has 4 aromatic carbocycles. The van der Waals surface area contributed by atoms with Gasteiger partial charge < -0.3 is 9.32 Å². The number of fused-ring (bicyclic) bond motifs is 3. The van der Waals surface area contributed by atoms with Gasteiger partial charge in [-0.25, -0.2) is 0 Å². The molecule has 0 N–H and O–H groups in total. The van der Waals surface area contributed by atoms with Gasteiger partial charge in [0, 0.05) is 17.1 Å². The van der Waals surface area contributed by atoms with Crippen molar-refractivity contribution in [3.63, 3.8) is 0 Å². The van der Waals surface area contributed by atoms with E-state index in [2.05, 4.69) is 83.8 Å². The van der Waals surface area contributed by atoms with Crippen LogP contribution < -0.4 is 4.90 Å². The summed E-state index contributed by atoms with van der Waals surface area (Å²) in [6.07, 6.45) is 3.51. The lowest BCUT2D eigenvalue weighted by Crippen LogP contribution is -2.09. The number of hydrogen-bond acceptors (Lipinski definition) is 2. The summed E-state index contributed by atoms with van der Waals surface area (Å²) in [6.45, 7) is 0. The molecule has 1 aromatic heterocycles. The Hall–Kier alpha value is -3.52. The molecule has 0 bridgehead atoms. The molecule has 0 aliphatic rings. The Kier molecular flexibility index (Phi) is 3.46. The van der Waals surface area contributed by atoms with Gasteiger partial charge in [-0.15, -0.1) is 0 Å². The van der Waals surface area contributed by atoms with Crippen LogP contribution in [0.25, 0.3) is 21.5 Å². The van der Waals surface area contributed by atoms with Crippen molar-refractivity contribution in [1.82, 2.24) is 0 Å². The van der Waals surface area contributed by atoms with E-state index < -0.39 is 0 Å². The third-order valence-corrected chi connectivity index (χ3v) is 4.77. The Labute approximate surface area is 151 Å². The van der Waals surface area contributed by atoms with Crippen molar-refractivity contribution in [2.24, 2.45) is 0 Å². The first-order valence-corrected chi connectivity index (χ1v) is 8.70. The first kappa shape index (κ1) is 14.8. The van der Waals surface area contributed by atoms with Crippen LogP contribution in [0.1, 0.15) is 0 Å². The summed E-state index contributed by atoms with van der Waals surface area (Å²) in [4.78, 5) is 2.25. The maximum absolute atomic E-state index is 5.40. The monoisotopic (exact) mass is 335 g/mol. The SMILES string of the molecule is c1ccc(N(c2ccoc2)c2cc3ccccc3c3ccccc23)cc1. The number of benzene rings is 4. The van der Waals surface area contributed by atoms with Crippen LogP contribution in [-0.4, -0.2) is 0 Å². The zero-order valence-corrected chi connectivity index (χ0v) is 14.2. The van der Waals surface area contributed by atoms with Crippen LogP contribution in [0.15, 0.2) is 108 Å². The molecular formula is C24H17NO. The maximum atomic E-state index is 5.40. The molecule has 2 heteroatoms. The highest BCUT2D eigenvalue weighted by molar-refractivity contribution is 6.14. The van der Waals surface area contributed by atoms with Crippen molar-refractivity contribution in [3.8, 4) is 0 Å². The standard InChI is InChI=1S/C24H17NO/c1-2-9-19(10-3-1)25(20-14-15-26-17-20)24-16-18-8-4-5-11-21(18)22-12-6-7-13-23(22)24/h1-17H. The van der Waals surface area contributed by atoms with Gasteiger partial charge in [0.2, 0.25) is 0 Å². The van der Waals surface area contributed by atoms with Crippen LogP contribution in [0.4, 0.5) is 17.1 Å². The fourth-order valence-electron chi connectivity index (χ4n) is 3.61. The van der Waals surface area contributed by atoms with Crippen LogP contribution in [-0.2, 0) is 0 Å². The van der Waals surface area contributed by atoms with Gasteiger partial charge in [-0.2, -0.15) is 0 Å². The fourth-order valence-corrected chi connectivity index (χ4v) is 3.61. The highest BCUT2D eigenvalue weighted by atomic mass is 16.3. The van der Waals surface area contributed by atoms with Gasteiger partial charge >= 0.3 is 0 Å². The van der Waals surface area contributed by atoms with Crippen molar-refractivity contribution in [1.29, 1.82) is 0 Å². The van der Waals surface area contributed by atoms with E-state index in [0.29, 0.717) is 0 Å². The van der Waals surface area contributed by atoms with Gasteiger partial charge in [0.05, 0.1) is 17.6 Å². The topological polar surface area (TPSA) is 16.4 Å². The zero-order valence-electron chi connectivity index (χ0n) is 14.2.